The van der Waals surface area contributed by atoms with E-state index in [2.05, 4.69) is 10.3 Å². The summed E-state index contributed by atoms with van der Waals surface area (Å²) in [7, 11) is 0. The first-order valence-electron chi connectivity index (χ1n) is 6.85. The van der Waals surface area contributed by atoms with Gasteiger partial charge in [0.1, 0.15) is 5.92 Å². The van der Waals surface area contributed by atoms with Crippen LogP contribution in [0, 0.1) is 5.92 Å². The van der Waals surface area contributed by atoms with Crippen LogP contribution in [0.5, 0.6) is 0 Å². The van der Waals surface area contributed by atoms with Crippen LogP contribution in [-0.4, -0.2) is 59.3 Å². The van der Waals surface area contributed by atoms with Gasteiger partial charge >= 0.3 is 12.0 Å². The maximum Gasteiger partial charge on any atom is 0.317 e. The first-order chi connectivity index (χ1) is 10.1. The molecule has 0 aliphatic carbocycles. The van der Waals surface area contributed by atoms with Crippen molar-refractivity contribution in [2.75, 3.05) is 26.3 Å². The fraction of sp³-hybridized carbons (Fsp3) is 0.615. The van der Waals surface area contributed by atoms with Gasteiger partial charge in [0, 0.05) is 24.9 Å². The van der Waals surface area contributed by atoms with Crippen LogP contribution in [0.3, 0.4) is 0 Å². The number of carboxylic acid groups (broad SMARTS) is 1. The molecule has 116 valence electrons. The summed E-state index contributed by atoms with van der Waals surface area (Å²) in [4.78, 5) is 29.1. The lowest BCUT2D eigenvalue weighted by molar-refractivity contribution is -0.142. The molecule has 8 heteroatoms. The highest BCUT2D eigenvalue weighted by Gasteiger charge is 2.39. The number of aliphatic carboxylic acids is 1. The van der Waals surface area contributed by atoms with Gasteiger partial charge in [0.2, 0.25) is 0 Å². The predicted octanol–water partition coefficient (Wildman–Crippen LogP) is 0.817. The summed E-state index contributed by atoms with van der Waals surface area (Å²) in [6.07, 6.45) is 0.663. The van der Waals surface area contributed by atoms with E-state index in [1.54, 1.807) is 5.51 Å². The van der Waals surface area contributed by atoms with Crippen molar-refractivity contribution in [1.29, 1.82) is 0 Å². The van der Waals surface area contributed by atoms with Crippen molar-refractivity contribution < 1.29 is 19.4 Å². The third-order valence-electron chi connectivity index (χ3n) is 3.51. The number of thiazole rings is 1. The van der Waals surface area contributed by atoms with Gasteiger partial charge in [-0.05, 0) is 6.92 Å². The Morgan fingerprint density at radius 2 is 2.38 bits per heavy atom. The van der Waals surface area contributed by atoms with Crippen molar-refractivity contribution in [3.05, 3.63) is 16.6 Å². The van der Waals surface area contributed by atoms with E-state index in [0.717, 1.165) is 5.69 Å². The molecule has 2 rings (SSSR count). The molecule has 0 saturated carbocycles. The number of rotatable bonds is 6. The zero-order chi connectivity index (χ0) is 15.2. The molecule has 2 unspecified atom stereocenters. The largest absolute Gasteiger partial charge is 0.481 e. The van der Waals surface area contributed by atoms with Crippen LogP contribution in [0.25, 0.3) is 0 Å². The topological polar surface area (TPSA) is 91.8 Å². The van der Waals surface area contributed by atoms with Crippen molar-refractivity contribution in [2.45, 2.75) is 19.4 Å². The molecule has 1 aromatic heterocycles. The molecule has 0 spiro atoms. The third-order valence-corrected chi connectivity index (χ3v) is 4.15. The lowest BCUT2D eigenvalue weighted by Crippen LogP contribution is -2.50. The molecule has 7 nitrogen and oxygen atoms in total. The molecule has 1 aromatic rings. The van der Waals surface area contributed by atoms with Gasteiger partial charge in [-0.25, -0.2) is 9.78 Å². The molecular formula is C13H19N3O4S. The normalized spacial score (nSPS) is 21.2. The third kappa shape index (κ3) is 3.92. The highest BCUT2D eigenvalue weighted by molar-refractivity contribution is 7.07. The molecular weight excluding hydrogens is 294 g/mol. The maximum absolute atomic E-state index is 12.2. The van der Waals surface area contributed by atoms with Gasteiger partial charge in [-0.1, -0.05) is 0 Å². The van der Waals surface area contributed by atoms with Crippen LogP contribution in [0.2, 0.25) is 0 Å². The second kappa shape index (κ2) is 7.37. The molecule has 1 fully saturated rings. The number of hydrogen-bond donors (Lipinski definition) is 2. The summed E-state index contributed by atoms with van der Waals surface area (Å²) >= 11 is 1.52. The van der Waals surface area contributed by atoms with E-state index in [9.17, 15) is 9.59 Å². The van der Waals surface area contributed by atoms with Crippen LogP contribution in [0.15, 0.2) is 10.9 Å². The minimum Gasteiger partial charge on any atom is -0.481 e. The van der Waals surface area contributed by atoms with Gasteiger partial charge in [0.15, 0.2) is 0 Å². The van der Waals surface area contributed by atoms with Crippen molar-refractivity contribution in [2.24, 2.45) is 5.92 Å². The maximum atomic E-state index is 12.2. The van der Waals surface area contributed by atoms with E-state index in [4.69, 9.17) is 9.84 Å². The number of aromatic nitrogens is 1. The standard InChI is InChI=1S/C13H19N3O4S/c1-2-16(11-6-20-5-10(11)12(17)18)13(19)14-4-3-9-7-21-8-15-9/h7-8,10-11H,2-6H2,1H3,(H,14,19)(H,17,18). The van der Waals surface area contributed by atoms with E-state index >= 15 is 0 Å². The first kappa shape index (κ1) is 15.7. The number of carboxylic acids is 1. The van der Waals surface area contributed by atoms with Gasteiger partial charge in [0.05, 0.1) is 30.5 Å². The van der Waals surface area contributed by atoms with Gasteiger partial charge in [-0.15, -0.1) is 11.3 Å². The average Bonchev–Trinajstić information content (AvgIpc) is 3.10. The fourth-order valence-electron chi connectivity index (χ4n) is 2.37. The van der Waals surface area contributed by atoms with Crippen LogP contribution in [0.4, 0.5) is 4.79 Å². The van der Waals surface area contributed by atoms with E-state index in [1.807, 2.05) is 12.3 Å². The molecule has 0 bridgehead atoms. The molecule has 1 aliphatic heterocycles. The Labute approximate surface area is 126 Å². The molecule has 21 heavy (non-hydrogen) atoms. The first-order valence-corrected chi connectivity index (χ1v) is 7.79. The molecule has 1 saturated heterocycles. The number of ether oxygens (including phenoxy) is 1. The highest BCUT2D eigenvalue weighted by atomic mass is 32.1. The number of hydrogen-bond acceptors (Lipinski definition) is 5. The Bertz CT molecular complexity index is 480. The minimum absolute atomic E-state index is 0.155. The molecule has 2 atom stereocenters. The lowest BCUT2D eigenvalue weighted by Gasteiger charge is -2.29. The number of nitrogens with one attached hydrogen (secondary N) is 1. The van der Waals surface area contributed by atoms with Crippen LogP contribution < -0.4 is 5.32 Å². The van der Waals surface area contributed by atoms with Crippen LogP contribution in [0.1, 0.15) is 12.6 Å². The Morgan fingerprint density at radius 1 is 1.57 bits per heavy atom. The van der Waals surface area contributed by atoms with Crippen molar-refractivity contribution in [3.8, 4) is 0 Å². The second-order valence-electron chi connectivity index (χ2n) is 4.80. The summed E-state index contributed by atoms with van der Waals surface area (Å²) in [6, 6.07) is -0.666. The summed E-state index contributed by atoms with van der Waals surface area (Å²) in [5.74, 6) is -1.58. The number of likely N-dealkylation sites (N-methyl/N-ethyl adjacent to an activating group) is 1. The summed E-state index contributed by atoms with van der Waals surface area (Å²) in [5.41, 5.74) is 2.69. The molecule has 2 N–H and O–H groups in total. The molecule has 2 amide bonds. The minimum atomic E-state index is -0.925. The highest BCUT2D eigenvalue weighted by Crippen LogP contribution is 2.20. The van der Waals surface area contributed by atoms with Crippen LogP contribution >= 0.6 is 11.3 Å². The molecule has 1 aliphatic rings. The number of amides is 2. The van der Waals surface area contributed by atoms with Gasteiger partial charge in [0.25, 0.3) is 0 Å². The van der Waals surface area contributed by atoms with Crippen LogP contribution in [-0.2, 0) is 16.0 Å². The Morgan fingerprint density at radius 3 is 3.00 bits per heavy atom. The summed E-state index contributed by atoms with van der Waals surface area (Å²) in [5, 5.41) is 13.9. The number of carbonyl (C=O) groups is 2. The summed E-state index contributed by atoms with van der Waals surface area (Å²) < 4.78 is 5.22. The summed E-state index contributed by atoms with van der Waals surface area (Å²) in [6.45, 7) is 3.18. The molecule has 2 heterocycles. The van der Waals surface area contributed by atoms with Gasteiger partial charge in [-0.2, -0.15) is 0 Å². The number of urea groups is 1. The smallest absolute Gasteiger partial charge is 0.317 e. The van der Waals surface area contributed by atoms with E-state index < -0.39 is 17.9 Å². The van der Waals surface area contributed by atoms with Crippen molar-refractivity contribution in [3.63, 3.8) is 0 Å². The fourth-order valence-corrected chi connectivity index (χ4v) is 2.97. The SMILES string of the molecule is CCN(C(=O)NCCc1cscn1)C1COCC1C(=O)O. The quantitative estimate of drug-likeness (QED) is 0.811. The predicted molar refractivity (Wildman–Crippen MR) is 77.3 cm³/mol. The average molecular weight is 313 g/mol. The molecule has 0 aromatic carbocycles. The number of carbonyl (C=O) groups excluding carboxylic acids is 1. The van der Waals surface area contributed by atoms with E-state index in [-0.39, 0.29) is 19.2 Å². The Kier molecular flexibility index (Phi) is 5.51. The van der Waals surface area contributed by atoms with Crippen molar-refractivity contribution >= 4 is 23.3 Å². The second-order valence-corrected chi connectivity index (χ2v) is 5.52. The number of nitrogens with zero attached hydrogens (tertiary/aromatic N) is 2. The van der Waals surface area contributed by atoms with Gasteiger partial charge in [-0.3, -0.25) is 4.79 Å². The van der Waals surface area contributed by atoms with Crippen molar-refractivity contribution in [1.82, 2.24) is 15.2 Å². The van der Waals surface area contributed by atoms with E-state index in [0.29, 0.717) is 19.5 Å². The van der Waals surface area contributed by atoms with E-state index in [1.165, 1.54) is 16.2 Å². The lowest BCUT2D eigenvalue weighted by atomic mass is 10.0. The monoisotopic (exact) mass is 313 g/mol. The Hall–Kier alpha value is -1.67. The van der Waals surface area contributed by atoms with Gasteiger partial charge < -0.3 is 20.1 Å². The zero-order valence-corrected chi connectivity index (χ0v) is 12.6. The molecule has 0 radical (unpaired) electrons. The zero-order valence-electron chi connectivity index (χ0n) is 11.8. The Balaban J connectivity index is 1.87.